The highest BCUT2D eigenvalue weighted by atomic mass is 16.7. The summed E-state index contributed by atoms with van der Waals surface area (Å²) in [5.41, 5.74) is 1.28. The molecule has 1 aromatic rings. The van der Waals surface area contributed by atoms with Crippen LogP contribution in [-0.4, -0.2) is 31.8 Å². The third kappa shape index (κ3) is 4.32. The monoisotopic (exact) mass is 359 g/mol. The highest BCUT2D eigenvalue weighted by Crippen LogP contribution is 2.32. The molecule has 5 nitrogen and oxygen atoms in total. The molecule has 1 saturated carbocycles. The van der Waals surface area contributed by atoms with E-state index in [1.54, 1.807) is 4.90 Å². The molecule has 5 heteroatoms. The number of fused-ring (bicyclic) bond motifs is 1. The minimum Gasteiger partial charge on any atom is -0.454 e. The van der Waals surface area contributed by atoms with Crippen LogP contribution in [0, 0.1) is 5.92 Å². The van der Waals surface area contributed by atoms with Gasteiger partial charge in [0.1, 0.15) is 6.54 Å². The molecular formula is C21H31N2O3+. The molecule has 1 saturated heterocycles. The number of hydrogen-bond donors (Lipinski definition) is 2. The number of piperidine rings is 1. The Morgan fingerprint density at radius 3 is 2.50 bits per heavy atom. The topological polar surface area (TPSA) is 52.0 Å². The van der Waals surface area contributed by atoms with Crippen LogP contribution in [0.25, 0.3) is 0 Å². The molecule has 142 valence electrons. The summed E-state index contributed by atoms with van der Waals surface area (Å²) >= 11 is 0. The lowest BCUT2D eigenvalue weighted by atomic mass is 9.94. The summed E-state index contributed by atoms with van der Waals surface area (Å²) in [4.78, 5) is 14.2. The van der Waals surface area contributed by atoms with Crippen molar-refractivity contribution < 1.29 is 19.2 Å². The molecule has 0 unspecified atom stereocenters. The number of amides is 1. The third-order valence-electron chi connectivity index (χ3n) is 6.16. The van der Waals surface area contributed by atoms with Gasteiger partial charge in [-0.25, -0.2) is 0 Å². The largest absolute Gasteiger partial charge is 0.454 e. The lowest BCUT2D eigenvalue weighted by Crippen LogP contribution is -3.11. The van der Waals surface area contributed by atoms with Crippen LogP contribution in [0.2, 0.25) is 0 Å². The number of nitrogens with one attached hydrogen (secondary N) is 2. The van der Waals surface area contributed by atoms with Crippen molar-refractivity contribution in [3.05, 3.63) is 23.8 Å². The fraction of sp³-hybridized carbons (Fsp3) is 0.667. The van der Waals surface area contributed by atoms with E-state index < -0.39 is 0 Å². The minimum atomic E-state index is 0.207. The van der Waals surface area contributed by atoms with Gasteiger partial charge in [-0.15, -0.1) is 0 Å². The van der Waals surface area contributed by atoms with Crippen LogP contribution in [0.3, 0.4) is 0 Å². The van der Waals surface area contributed by atoms with E-state index in [-0.39, 0.29) is 5.92 Å². The molecule has 1 aliphatic carbocycles. The maximum atomic E-state index is 12.6. The first kappa shape index (κ1) is 17.7. The van der Waals surface area contributed by atoms with Gasteiger partial charge in [0.25, 0.3) is 0 Å². The van der Waals surface area contributed by atoms with E-state index in [2.05, 4.69) is 17.4 Å². The second kappa shape index (κ2) is 8.30. The Labute approximate surface area is 156 Å². The molecule has 4 rings (SSSR count). The van der Waals surface area contributed by atoms with Gasteiger partial charge in [0.2, 0.25) is 12.7 Å². The summed E-state index contributed by atoms with van der Waals surface area (Å²) in [6.07, 6.45) is 9.52. The van der Waals surface area contributed by atoms with Gasteiger partial charge in [0.15, 0.2) is 11.5 Å². The number of hydrogen-bond acceptors (Lipinski definition) is 3. The van der Waals surface area contributed by atoms with Gasteiger partial charge in [-0.1, -0.05) is 25.7 Å². The molecule has 2 fully saturated rings. The second-order valence-corrected chi connectivity index (χ2v) is 8.09. The Hall–Kier alpha value is -1.75. The van der Waals surface area contributed by atoms with Crippen LogP contribution >= 0.6 is 0 Å². The summed E-state index contributed by atoms with van der Waals surface area (Å²) in [6, 6.07) is 6.65. The number of carbonyl (C=O) groups excluding carboxylic acids is 1. The van der Waals surface area contributed by atoms with E-state index in [0.717, 1.165) is 44.0 Å². The molecule has 1 amide bonds. The molecule has 0 aromatic heterocycles. The van der Waals surface area contributed by atoms with Crippen molar-refractivity contribution in [2.45, 2.75) is 64.0 Å². The zero-order valence-corrected chi connectivity index (χ0v) is 15.6. The predicted molar refractivity (Wildman–Crippen MR) is 99.3 cm³/mol. The molecule has 26 heavy (non-hydrogen) atoms. The predicted octanol–water partition coefficient (Wildman–Crippen LogP) is 2.05. The van der Waals surface area contributed by atoms with Crippen LogP contribution in [0.5, 0.6) is 11.5 Å². The smallest absolute Gasteiger partial charge is 0.231 e. The van der Waals surface area contributed by atoms with Crippen LogP contribution < -0.4 is 19.7 Å². The van der Waals surface area contributed by atoms with E-state index in [4.69, 9.17) is 9.47 Å². The minimum absolute atomic E-state index is 0.207. The van der Waals surface area contributed by atoms with Crippen LogP contribution in [0.1, 0.15) is 56.9 Å². The lowest BCUT2D eigenvalue weighted by molar-refractivity contribution is -0.919. The zero-order valence-electron chi connectivity index (χ0n) is 15.6. The second-order valence-electron chi connectivity index (χ2n) is 8.09. The average molecular weight is 359 g/mol. The third-order valence-corrected chi connectivity index (χ3v) is 6.16. The first-order valence-electron chi connectivity index (χ1n) is 10.3. The van der Waals surface area contributed by atoms with Crippen molar-refractivity contribution in [3.8, 4) is 11.5 Å². The van der Waals surface area contributed by atoms with Gasteiger partial charge in [-0.2, -0.15) is 0 Å². The molecule has 2 N–H and O–H groups in total. The number of ether oxygens (including phenoxy) is 2. The summed E-state index contributed by atoms with van der Waals surface area (Å²) in [5, 5.41) is 3.34. The van der Waals surface area contributed by atoms with E-state index in [9.17, 15) is 4.79 Å². The average Bonchev–Trinajstić information content (AvgIpc) is 2.97. The van der Waals surface area contributed by atoms with Crippen molar-refractivity contribution >= 4 is 5.91 Å². The Balaban J connectivity index is 1.24. The maximum absolute atomic E-state index is 12.6. The first-order chi connectivity index (χ1) is 12.8. The number of benzene rings is 1. The Morgan fingerprint density at radius 1 is 1.00 bits per heavy atom. The molecule has 2 heterocycles. The van der Waals surface area contributed by atoms with Crippen LogP contribution in [-0.2, 0) is 11.3 Å². The standard InChI is InChI=1S/C21H30N2O3/c24-21(22-18-5-3-1-2-4-6-18)17-9-11-23(12-10-17)14-16-7-8-19-20(13-16)26-15-25-19/h7-8,13,17-18H,1-6,9-12,14-15H2,(H,22,24)/p+1. The van der Waals surface area contributed by atoms with E-state index >= 15 is 0 Å². The zero-order chi connectivity index (χ0) is 17.8. The van der Waals surface area contributed by atoms with Gasteiger partial charge < -0.3 is 19.7 Å². The van der Waals surface area contributed by atoms with Gasteiger partial charge >= 0.3 is 0 Å². The highest BCUT2D eigenvalue weighted by molar-refractivity contribution is 5.79. The van der Waals surface area contributed by atoms with E-state index in [1.165, 1.54) is 44.1 Å². The van der Waals surface area contributed by atoms with Gasteiger partial charge in [-0.3, -0.25) is 4.79 Å². The number of likely N-dealkylation sites (tertiary alicyclic amines) is 1. The molecule has 0 atom stereocenters. The van der Waals surface area contributed by atoms with Crippen LogP contribution in [0.4, 0.5) is 0 Å². The van der Waals surface area contributed by atoms with Crippen molar-refractivity contribution in [1.29, 1.82) is 0 Å². The Morgan fingerprint density at radius 2 is 1.73 bits per heavy atom. The lowest BCUT2D eigenvalue weighted by Gasteiger charge is -2.29. The molecule has 0 radical (unpaired) electrons. The van der Waals surface area contributed by atoms with Crippen LogP contribution in [0.15, 0.2) is 18.2 Å². The fourth-order valence-electron chi connectivity index (χ4n) is 4.55. The van der Waals surface area contributed by atoms with Gasteiger partial charge in [0.05, 0.1) is 13.1 Å². The normalized spacial score (nSPS) is 26.3. The van der Waals surface area contributed by atoms with Crippen molar-refractivity contribution in [1.82, 2.24) is 5.32 Å². The molecule has 3 aliphatic rings. The summed E-state index contributed by atoms with van der Waals surface area (Å²) in [5.74, 6) is 2.22. The molecule has 2 aliphatic heterocycles. The first-order valence-corrected chi connectivity index (χ1v) is 10.3. The van der Waals surface area contributed by atoms with E-state index in [1.807, 2.05) is 6.07 Å². The van der Waals surface area contributed by atoms with Crippen molar-refractivity contribution in [2.24, 2.45) is 5.92 Å². The van der Waals surface area contributed by atoms with Gasteiger partial charge in [-0.05, 0) is 31.0 Å². The molecular weight excluding hydrogens is 328 g/mol. The van der Waals surface area contributed by atoms with E-state index in [0.29, 0.717) is 18.7 Å². The maximum Gasteiger partial charge on any atom is 0.231 e. The molecule has 1 aromatic carbocycles. The van der Waals surface area contributed by atoms with Gasteiger partial charge in [0, 0.05) is 30.4 Å². The SMILES string of the molecule is O=C(NC1CCCCCC1)C1CC[NH+](Cc2ccc3c(c2)OCO3)CC1. The Bertz CT molecular complexity index is 618. The number of quaternary nitrogens is 1. The summed E-state index contributed by atoms with van der Waals surface area (Å²) < 4.78 is 10.9. The summed E-state index contributed by atoms with van der Waals surface area (Å²) in [7, 11) is 0. The fourth-order valence-corrected chi connectivity index (χ4v) is 4.55. The molecule has 0 spiro atoms. The molecule has 0 bridgehead atoms. The van der Waals surface area contributed by atoms with Crippen molar-refractivity contribution in [2.75, 3.05) is 19.9 Å². The Kier molecular flexibility index (Phi) is 5.63. The van der Waals surface area contributed by atoms with Crippen molar-refractivity contribution in [3.63, 3.8) is 0 Å². The number of rotatable bonds is 4. The summed E-state index contributed by atoms with van der Waals surface area (Å²) in [6.45, 7) is 3.45. The highest BCUT2D eigenvalue weighted by Gasteiger charge is 2.29. The quantitative estimate of drug-likeness (QED) is 0.809. The number of carbonyl (C=O) groups is 1.